The Bertz CT molecular complexity index is 490. The van der Waals surface area contributed by atoms with Crippen molar-refractivity contribution in [3.8, 4) is 0 Å². The molecule has 0 saturated carbocycles. The molecule has 4 heteroatoms. The number of ether oxygens (including phenoxy) is 2. The fraction of sp³-hybridized carbons (Fsp3) is 0.800. The number of nitrogens with zero attached hydrogens (tertiary/aromatic N) is 1. The Labute approximate surface area is 151 Å². The molecule has 0 aromatic carbocycles. The molecular weight excluding hydrogens is 318 g/mol. The summed E-state index contributed by atoms with van der Waals surface area (Å²) in [6, 6.07) is 2.94. The molecule has 0 N–H and O–H groups in total. The van der Waals surface area contributed by atoms with Gasteiger partial charge in [0.2, 0.25) is 0 Å². The monoisotopic (exact) mass is 351 g/mol. The minimum atomic E-state index is 0.358. The highest BCUT2D eigenvalue weighted by molar-refractivity contribution is 7.10. The van der Waals surface area contributed by atoms with Gasteiger partial charge in [-0.15, -0.1) is 11.3 Å². The van der Waals surface area contributed by atoms with Gasteiger partial charge in [0, 0.05) is 37.2 Å². The first-order valence-electron chi connectivity index (χ1n) is 9.81. The lowest BCUT2D eigenvalue weighted by atomic mass is 9.97. The zero-order chi connectivity index (χ0) is 16.8. The van der Waals surface area contributed by atoms with Gasteiger partial charge in [0.25, 0.3) is 0 Å². The van der Waals surface area contributed by atoms with Crippen molar-refractivity contribution in [1.29, 1.82) is 0 Å². The minimum Gasteiger partial charge on any atom is -0.381 e. The number of likely N-dealkylation sites (tertiary alicyclic amines) is 1. The van der Waals surface area contributed by atoms with Crippen LogP contribution in [0.15, 0.2) is 11.4 Å². The molecule has 0 bridgehead atoms. The van der Waals surface area contributed by atoms with Gasteiger partial charge in [-0.1, -0.05) is 6.92 Å². The second-order valence-corrected chi connectivity index (χ2v) is 8.28. The predicted molar refractivity (Wildman–Crippen MR) is 101 cm³/mol. The average Bonchev–Trinajstić information content (AvgIpc) is 3.24. The maximum Gasteiger partial charge on any atom is 0.0924 e. The maximum atomic E-state index is 6.52. The normalized spacial score (nSPS) is 25.8. The molecule has 1 aromatic rings. The Morgan fingerprint density at radius 1 is 1.33 bits per heavy atom. The molecule has 3 atom stereocenters. The van der Waals surface area contributed by atoms with Gasteiger partial charge in [0.1, 0.15) is 0 Å². The molecule has 1 aliphatic heterocycles. The average molecular weight is 352 g/mol. The number of aryl methyl sites for hydroxylation is 1. The van der Waals surface area contributed by atoms with Crippen LogP contribution in [-0.2, 0) is 15.9 Å². The summed E-state index contributed by atoms with van der Waals surface area (Å²) in [5.41, 5.74) is 1.53. The fourth-order valence-corrected chi connectivity index (χ4v) is 5.01. The van der Waals surface area contributed by atoms with Gasteiger partial charge in [-0.2, -0.15) is 0 Å². The van der Waals surface area contributed by atoms with Crippen LogP contribution < -0.4 is 0 Å². The summed E-state index contributed by atoms with van der Waals surface area (Å²) < 4.78 is 12.1. The summed E-state index contributed by atoms with van der Waals surface area (Å²) in [6.07, 6.45) is 9.21. The predicted octanol–water partition coefficient (Wildman–Crippen LogP) is 4.81. The van der Waals surface area contributed by atoms with Crippen molar-refractivity contribution >= 4 is 11.3 Å². The molecular formula is C20H33NO2S. The summed E-state index contributed by atoms with van der Waals surface area (Å²) in [7, 11) is 0. The van der Waals surface area contributed by atoms with Crippen molar-refractivity contribution in [1.82, 2.24) is 4.90 Å². The quantitative estimate of drug-likeness (QED) is 0.596. The lowest BCUT2D eigenvalue weighted by molar-refractivity contribution is -0.0161. The van der Waals surface area contributed by atoms with Crippen LogP contribution in [0.5, 0.6) is 0 Å². The van der Waals surface area contributed by atoms with Gasteiger partial charge in [-0.25, -0.2) is 0 Å². The molecule has 1 aromatic heterocycles. The molecule has 1 saturated heterocycles. The first-order chi connectivity index (χ1) is 11.8. The fourth-order valence-electron chi connectivity index (χ4n) is 3.98. The van der Waals surface area contributed by atoms with E-state index in [1.165, 1.54) is 55.5 Å². The lowest BCUT2D eigenvalue weighted by Crippen LogP contribution is -2.32. The largest absolute Gasteiger partial charge is 0.381 e. The van der Waals surface area contributed by atoms with Gasteiger partial charge < -0.3 is 9.47 Å². The third-order valence-corrected chi connectivity index (χ3v) is 6.45. The van der Waals surface area contributed by atoms with Crippen molar-refractivity contribution in [3.05, 3.63) is 21.9 Å². The van der Waals surface area contributed by atoms with E-state index in [-0.39, 0.29) is 0 Å². The standard InChI is InChI=1S/C20H33NO2S/c1-3-12-22-13-5-6-16(2)21-11-9-18(15-21)23-19-8-4-7-17-10-14-24-20(17)19/h10,14,16,18-19H,3-9,11-13,15H2,1-2H3. The van der Waals surface area contributed by atoms with E-state index in [0.717, 1.165) is 26.2 Å². The zero-order valence-corrected chi connectivity index (χ0v) is 16.2. The number of fused-ring (bicyclic) bond motifs is 1. The van der Waals surface area contributed by atoms with Crippen molar-refractivity contribution in [2.45, 2.75) is 77.0 Å². The van der Waals surface area contributed by atoms with Crippen molar-refractivity contribution < 1.29 is 9.47 Å². The third-order valence-electron chi connectivity index (χ3n) is 5.40. The zero-order valence-electron chi connectivity index (χ0n) is 15.3. The van der Waals surface area contributed by atoms with Crippen LogP contribution in [0.4, 0.5) is 0 Å². The van der Waals surface area contributed by atoms with E-state index < -0.39 is 0 Å². The van der Waals surface area contributed by atoms with Gasteiger partial charge in [-0.3, -0.25) is 4.90 Å². The van der Waals surface area contributed by atoms with E-state index in [4.69, 9.17) is 9.47 Å². The highest BCUT2D eigenvalue weighted by Gasteiger charge is 2.31. The van der Waals surface area contributed by atoms with Crippen LogP contribution in [-0.4, -0.2) is 43.3 Å². The number of thiophene rings is 1. The molecule has 3 unspecified atom stereocenters. The van der Waals surface area contributed by atoms with Crippen LogP contribution in [0, 0.1) is 0 Å². The topological polar surface area (TPSA) is 21.7 Å². The number of hydrogen-bond donors (Lipinski definition) is 0. The van der Waals surface area contributed by atoms with Crippen molar-refractivity contribution in [2.24, 2.45) is 0 Å². The summed E-state index contributed by atoms with van der Waals surface area (Å²) in [5.74, 6) is 0. The Morgan fingerprint density at radius 2 is 2.25 bits per heavy atom. The SMILES string of the molecule is CCCOCCCC(C)N1CCC(OC2CCCc3ccsc32)C1. The maximum absolute atomic E-state index is 6.52. The molecule has 24 heavy (non-hydrogen) atoms. The van der Waals surface area contributed by atoms with Crippen molar-refractivity contribution in [2.75, 3.05) is 26.3 Å². The van der Waals surface area contributed by atoms with E-state index in [1.807, 2.05) is 11.3 Å². The van der Waals surface area contributed by atoms with Gasteiger partial charge in [0.15, 0.2) is 0 Å². The van der Waals surface area contributed by atoms with Crippen molar-refractivity contribution in [3.63, 3.8) is 0 Å². The van der Waals surface area contributed by atoms with Gasteiger partial charge >= 0.3 is 0 Å². The summed E-state index contributed by atoms with van der Waals surface area (Å²) in [5, 5.41) is 2.23. The molecule has 1 fully saturated rings. The lowest BCUT2D eigenvalue weighted by Gasteiger charge is -2.27. The highest BCUT2D eigenvalue weighted by atomic mass is 32.1. The van der Waals surface area contributed by atoms with E-state index in [2.05, 4.69) is 30.2 Å². The smallest absolute Gasteiger partial charge is 0.0924 e. The summed E-state index contributed by atoms with van der Waals surface area (Å²) in [4.78, 5) is 4.11. The van der Waals surface area contributed by atoms with E-state index >= 15 is 0 Å². The van der Waals surface area contributed by atoms with Crippen LogP contribution in [0.3, 0.4) is 0 Å². The first-order valence-corrected chi connectivity index (χ1v) is 10.7. The van der Waals surface area contributed by atoms with E-state index in [9.17, 15) is 0 Å². The Hall–Kier alpha value is -0.420. The van der Waals surface area contributed by atoms with Crippen LogP contribution in [0.25, 0.3) is 0 Å². The van der Waals surface area contributed by atoms with Crippen LogP contribution >= 0.6 is 11.3 Å². The molecule has 2 aliphatic rings. The van der Waals surface area contributed by atoms with Gasteiger partial charge in [0.05, 0.1) is 12.2 Å². The summed E-state index contributed by atoms with van der Waals surface area (Å²) >= 11 is 1.89. The number of rotatable bonds is 9. The minimum absolute atomic E-state index is 0.358. The van der Waals surface area contributed by atoms with Crippen LogP contribution in [0.1, 0.15) is 68.9 Å². The number of hydrogen-bond acceptors (Lipinski definition) is 4. The third kappa shape index (κ3) is 4.81. The molecule has 0 radical (unpaired) electrons. The van der Waals surface area contributed by atoms with Gasteiger partial charge in [-0.05, 0) is 68.9 Å². The Kier molecular flexibility index (Phi) is 7.14. The molecule has 1 aliphatic carbocycles. The van der Waals surface area contributed by atoms with Crippen LogP contribution in [0.2, 0.25) is 0 Å². The molecule has 2 heterocycles. The summed E-state index contributed by atoms with van der Waals surface area (Å²) in [6.45, 7) is 8.63. The molecule has 3 rings (SSSR count). The molecule has 0 amide bonds. The second kappa shape index (κ2) is 9.33. The first kappa shape index (κ1) is 18.4. The molecule has 136 valence electrons. The Balaban J connectivity index is 1.40. The molecule has 3 nitrogen and oxygen atoms in total. The van der Waals surface area contributed by atoms with E-state index in [1.54, 1.807) is 0 Å². The second-order valence-electron chi connectivity index (χ2n) is 7.34. The Morgan fingerprint density at radius 3 is 3.12 bits per heavy atom. The highest BCUT2D eigenvalue weighted by Crippen LogP contribution is 2.38. The van der Waals surface area contributed by atoms with E-state index in [0.29, 0.717) is 18.2 Å². The molecule has 0 spiro atoms.